The fourth-order valence-electron chi connectivity index (χ4n) is 1.75. The van der Waals surface area contributed by atoms with Gasteiger partial charge in [0.15, 0.2) is 0 Å². The van der Waals surface area contributed by atoms with E-state index < -0.39 is 10.1 Å². The molecule has 0 spiro atoms. The SMILES string of the molecule is CCCCC#Cc1ccc2ccccc2[n+]1N.CS(=O)(=O)[O-]. The van der Waals surface area contributed by atoms with Crippen LogP contribution in [-0.4, -0.2) is 19.2 Å². The number of para-hydroxylation sites is 1. The number of nitrogens with zero attached hydrogens (tertiary/aromatic N) is 1. The highest BCUT2D eigenvalue weighted by Gasteiger charge is 2.09. The minimum Gasteiger partial charge on any atom is -0.748 e. The summed E-state index contributed by atoms with van der Waals surface area (Å²) in [7, 11) is -3.92. The summed E-state index contributed by atoms with van der Waals surface area (Å²) in [5.74, 6) is 12.3. The van der Waals surface area contributed by atoms with Gasteiger partial charge < -0.3 is 4.55 Å². The van der Waals surface area contributed by atoms with Gasteiger partial charge in [0.2, 0.25) is 5.52 Å². The molecule has 1 aromatic heterocycles. The summed E-state index contributed by atoms with van der Waals surface area (Å²) in [6.07, 6.45) is 3.86. The van der Waals surface area contributed by atoms with E-state index in [1.165, 1.54) is 6.42 Å². The Kier molecular flexibility index (Phi) is 6.83. The molecule has 0 atom stereocenters. The Morgan fingerprint density at radius 3 is 2.50 bits per heavy atom. The Morgan fingerprint density at radius 1 is 1.23 bits per heavy atom. The highest BCUT2D eigenvalue weighted by atomic mass is 32.2. The maximum atomic E-state index is 9.08. The normalized spacial score (nSPS) is 10.3. The standard InChI is InChI=1S/C15H17N2.CH4O3S/c1-2-3-4-5-9-14-12-11-13-8-6-7-10-15(13)17(14)16;1-5(2,3)4/h6-8,10-12H,2-4,16H2,1H3;1H3,(H,2,3,4)/q+1;/p-1. The molecule has 2 rings (SSSR count). The van der Waals surface area contributed by atoms with Gasteiger partial charge in [-0.25, -0.2) is 14.3 Å². The molecule has 0 bridgehead atoms. The molecular weight excluding hydrogens is 300 g/mol. The highest BCUT2D eigenvalue weighted by molar-refractivity contribution is 7.84. The van der Waals surface area contributed by atoms with Gasteiger partial charge in [-0.2, -0.15) is 0 Å². The van der Waals surface area contributed by atoms with Crippen LogP contribution in [0.15, 0.2) is 36.4 Å². The number of benzene rings is 1. The average molecular weight is 320 g/mol. The Morgan fingerprint density at radius 2 is 1.86 bits per heavy atom. The van der Waals surface area contributed by atoms with Crippen molar-refractivity contribution in [2.45, 2.75) is 26.2 Å². The van der Waals surface area contributed by atoms with Crippen molar-refractivity contribution in [3.63, 3.8) is 0 Å². The fraction of sp³-hybridized carbons (Fsp3) is 0.312. The van der Waals surface area contributed by atoms with E-state index in [1.807, 2.05) is 30.3 Å². The quantitative estimate of drug-likeness (QED) is 0.299. The molecule has 0 aliphatic carbocycles. The number of unbranched alkanes of at least 4 members (excludes halogenated alkanes) is 2. The summed E-state index contributed by atoms with van der Waals surface area (Å²) in [4.78, 5) is 0. The number of pyridine rings is 1. The lowest BCUT2D eigenvalue weighted by atomic mass is 10.2. The van der Waals surface area contributed by atoms with Crippen molar-refractivity contribution in [3.05, 3.63) is 42.1 Å². The molecule has 0 unspecified atom stereocenters. The molecule has 0 saturated heterocycles. The third-order valence-electron chi connectivity index (χ3n) is 2.75. The molecule has 0 saturated carbocycles. The van der Waals surface area contributed by atoms with Crippen molar-refractivity contribution in [2.24, 2.45) is 0 Å². The lowest BCUT2D eigenvalue weighted by molar-refractivity contribution is -0.614. The molecule has 1 aromatic carbocycles. The van der Waals surface area contributed by atoms with E-state index in [0.29, 0.717) is 6.26 Å². The van der Waals surface area contributed by atoms with Crippen molar-refractivity contribution < 1.29 is 17.6 Å². The monoisotopic (exact) mass is 320 g/mol. The van der Waals surface area contributed by atoms with Crippen LogP contribution in [0.1, 0.15) is 31.9 Å². The molecule has 0 radical (unpaired) electrons. The van der Waals surface area contributed by atoms with E-state index >= 15 is 0 Å². The molecule has 0 aliphatic rings. The Bertz CT molecular complexity index is 782. The minimum atomic E-state index is -3.92. The molecule has 0 fully saturated rings. The molecule has 2 aromatic rings. The summed E-state index contributed by atoms with van der Waals surface area (Å²) in [5.41, 5.74) is 1.87. The van der Waals surface area contributed by atoms with Crippen molar-refractivity contribution in [3.8, 4) is 11.8 Å². The fourth-order valence-corrected chi connectivity index (χ4v) is 1.75. The van der Waals surface area contributed by atoms with Gasteiger partial charge in [-0.3, -0.25) is 0 Å². The lowest BCUT2D eigenvalue weighted by Crippen LogP contribution is -2.48. The zero-order chi connectivity index (χ0) is 16.6. The Balaban J connectivity index is 0.000000422. The van der Waals surface area contributed by atoms with Crippen LogP contribution in [0.4, 0.5) is 0 Å². The number of rotatable bonds is 2. The molecule has 0 aliphatic heterocycles. The van der Waals surface area contributed by atoms with E-state index in [9.17, 15) is 0 Å². The van der Waals surface area contributed by atoms with E-state index in [-0.39, 0.29) is 0 Å². The molecule has 22 heavy (non-hydrogen) atoms. The molecule has 118 valence electrons. The first-order chi connectivity index (χ1) is 10.3. The van der Waals surface area contributed by atoms with Crippen LogP contribution >= 0.6 is 0 Å². The van der Waals surface area contributed by atoms with Crippen molar-refractivity contribution in [1.29, 1.82) is 0 Å². The smallest absolute Gasteiger partial charge is 0.286 e. The zero-order valence-corrected chi connectivity index (χ0v) is 13.6. The zero-order valence-electron chi connectivity index (χ0n) is 12.7. The highest BCUT2D eigenvalue weighted by Crippen LogP contribution is 2.08. The predicted octanol–water partition coefficient (Wildman–Crippen LogP) is 1.54. The summed E-state index contributed by atoms with van der Waals surface area (Å²) < 4.78 is 28.9. The van der Waals surface area contributed by atoms with Crippen molar-refractivity contribution in [1.82, 2.24) is 0 Å². The van der Waals surface area contributed by atoms with E-state index in [2.05, 4.69) is 24.8 Å². The van der Waals surface area contributed by atoms with Gasteiger partial charge in [0.25, 0.3) is 5.69 Å². The maximum Gasteiger partial charge on any atom is 0.286 e. The van der Waals surface area contributed by atoms with Crippen LogP contribution in [0.3, 0.4) is 0 Å². The second kappa shape index (κ2) is 8.37. The summed E-state index contributed by atoms with van der Waals surface area (Å²) in [6, 6.07) is 12.1. The molecule has 6 heteroatoms. The molecule has 2 N–H and O–H groups in total. The Hall–Kier alpha value is -2.10. The first kappa shape index (κ1) is 18.0. The number of fused-ring (bicyclic) bond motifs is 1. The topological polar surface area (TPSA) is 87.1 Å². The maximum absolute atomic E-state index is 9.08. The van der Waals surface area contributed by atoms with Crippen LogP contribution < -0.4 is 10.5 Å². The van der Waals surface area contributed by atoms with E-state index in [1.54, 1.807) is 4.68 Å². The number of aromatic nitrogens is 1. The Labute approximate surface area is 131 Å². The molecule has 5 nitrogen and oxygen atoms in total. The van der Waals surface area contributed by atoms with E-state index in [4.69, 9.17) is 18.8 Å². The van der Waals surface area contributed by atoms with E-state index in [0.717, 1.165) is 29.4 Å². The van der Waals surface area contributed by atoms with Crippen LogP contribution in [0.2, 0.25) is 0 Å². The van der Waals surface area contributed by atoms with Gasteiger partial charge in [0, 0.05) is 36.1 Å². The van der Waals surface area contributed by atoms with Crippen molar-refractivity contribution >= 4 is 21.0 Å². The number of hydrogen-bond donors (Lipinski definition) is 1. The van der Waals surface area contributed by atoms with Crippen LogP contribution in [0, 0.1) is 11.8 Å². The van der Waals surface area contributed by atoms with Gasteiger partial charge in [-0.1, -0.05) is 36.1 Å². The van der Waals surface area contributed by atoms with Crippen LogP contribution in [-0.2, 0) is 10.1 Å². The average Bonchev–Trinajstić information content (AvgIpc) is 2.44. The second-order valence-corrected chi connectivity index (χ2v) is 6.17. The number of hydrogen-bond acceptors (Lipinski definition) is 4. The first-order valence-electron chi connectivity index (χ1n) is 6.91. The minimum absolute atomic E-state index is 0.604. The third kappa shape index (κ3) is 6.57. The lowest BCUT2D eigenvalue weighted by Gasteiger charge is -1.96. The van der Waals surface area contributed by atoms with Crippen LogP contribution in [0.25, 0.3) is 10.9 Å². The largest absolute Gasteiger partial charge is 0.748 e. The van der Waals surface area contributed by atoms with Crippen molar-refractivity contribution in [2.75, 3.05) is 12.1 Å². The second-order valence-electron chi connectivity index (χ2n) is 4.76. The molecule has 0 amide bonds. The van der Waals surface area contributed by atoms with Gasteiger partial charge >= 0.3 is 0 Å². The number of nitrogens with two attached hydrogens (primary N) is 1. The predicted molar refractivity (Wildman–Crippen MR) is 86.3 cm³/mol. The van der Waals surface area contributed by atoms with Gasteiger partial charge in [-0.05, 0) is 18.6 Å². The van der Waals surface area contributed by atoms with Gasteiger partial charge in [-0.15, -0.1) is 0 Å². The number of nitrogen functional groups attached to an aromatic ring is 1. The molecule has 1 heterocycles. The van der Waals surface area contributed by atoms with Crippen LogP contribution in [0.5, 0.6) is 0 Å². The summed E-state index contributed by atoms with van der Waals surface area (Å²) >= 11 is 0. The third-order valence-corrected chi connectivity index (χ3v) is 2.75. The first-order valence-corrected chi connectivity index (χ1v) is 8.73. The molecular formula is C16H20N2O3S. The summed E-state index contributed by atoms with van der Waals surface area (Å²) in [6.45, 7) is 2.17. The van der Waals surface area contributed by atoms with Gasteiger partial charge in [0.05, 0.1) is 10.1 Å². The van der Waals surface area contributed by atoms with Gasteiger partial charge in [0.1, 0.15) is 0 Å². The summed E-state index contributed by atoms with van der Waals surface area (Å²) in [5, 5.41) is 1.13.